The van der Waals surface area contributed by atoms with Crippen LogP contribution in [-0.4, -0.2) is 27.8 Å². The van der Waals surface area contributed by atoms with E-state index in [0.717, 1.165) is 11.3 Å². The van der Waals surface area contributed by atoms with Gasteiger partial charge in [-0.15, -0.1) is 0 Å². The van der Waals surface area contributed by atoms with Gasteiger partial charge in [0.15, 0.2) is 0 Å². The van der Waals surface area contributed by atoms with Crippen LogP contribution in [0.3, 0.4) is 0 Å². The van der Waals surface area contributed by atoms with E-state index in [1.54, 1.807) is 0 Å². The summed E-state index contributed by atoms with van der Waals surface area (Å²) in [6, 6.07) is 2.74. The topological polar surface area (TPSA) is 110 Å². The lowest BCUT2D eigenvalue weighted by atomic mass is 10.1. The molecule has 0 aromatic carbocycles. The van der Waals surface area contributed by atoms with Crippen molar-refractivity contribution >= 4 is 16.3 Å². The van der Waals surface area contributed by atoms with Crippen LogP contribution in [0.5, 0.6) is 0 Å². The van der Waals surface area contributed by atoms with E-state index in [1.165, 1.54) is 12.1 Å². The molecule has 1 heterocycles. The van der Waals surface area contributed by atoms with Crippen LogP contribution in [-0.2, 0) is 0 Å². The van der Waals surface area contributed by atoms with Crippen LogP contribution in [0.2, 0.25) is 0 Å². The van der Waals surface area contributed by atoms with Gasteiger partial charge in [-0.3, -0.25) is 10.1 Å². The van der Waals surface area contributed by atoms with E-state index >= 15 is 0 Å². The fourth-order valence-corrected chi connectivity index (χ4v) is 1.98. The van der Waals surface area contributed by atoms with Gasteiger partial charge in [-0.05, 0) is 19.0 Å². The molecule has 0 amide bonds. The van der Waals surface area contributed by atoms with Gasteiger partial charge in [0.2, 0.25) is 0 Å². The standard InChI is InChI=1S/C8H12N2O4S/c9-4-3-5(11)8(12)6-1-2-7(15-6)10(13)14/h1-2,5,8,11-12H,3-4,9H2. The number of hydrogen-bond acceptors (Lipinski definition) is 6. The lowest BCUT2D eigenvalue weighted by molar-refractivity contribution is -0.380. The molecule has 0 saturated heterocycles. The molecule has 0 bridgehead atoms. The van der Waals surface area contributed by atoms with Crippen molar-refractivity contribution in [3.8, 4) is 0 Å². The number of hydrogen-bond donors (Lipinski definition) is 3. The van der Waals surface area contributed by atoms with Gasteiger partial charge in [-0.25, -0.2) is 0 Å². The molecule has 2 atom stereocenters. The van der Waals surface area contributed by atoms with Crippen LogP contribution >= 0.6 is 11.3 Å². The van der Waals surface area contributed by atoms with Crippen LogP contribution in [0.25, 0.3) is 0 Å². The molecule has 15 heavy (non-hydrogen) atoms. The van der Waals surface area contributed by atoms with Gasteiger partial charge in [0.05, 0.1) is 11.0 Å². The van der Waals surface area contributed by atoms with Crippen molar-refractivity contribution < 1.29 is 15.1 Å². The highest BCUT2D eigenvalue weighted by Gasteiger charge is 2.21. The van der Waals surface area contributed by atoms with Crippen molar-refractivity contribution in [1.82, 2.24) is 0 Å². The second kappa shape index (κ2) is 5.17. The fraction of sp³-hybridized carbons (Fsp3) is 0.500. The minimum absolute atomic E-state index is 0.0519. The fourth-order valence-electron chi connectivity index (χ4n) is 1.12. The van der Waals surface area contributed by atoms with Crippen LogP contribution in [0, 0.1) is 10.1 Å². The van der Waals surface area contributed by atoms with Gasteiger partial charge in [0.25, 0.3) is 0 Å². The summed E-state index contributed by atoms with van der Waals surface area (Å²) in [6.45, 7) is 0.256. The maximum absolute atomic E-state index is 10.4. The molecule has 7 heteroatoms. The molecule has 1 aromatic heterocycles. The predicted octanol–water partition coefficient (Wildman–Crippen LogP) is 0.399. The van der Waals surface area contributed by atoms with E-state index in [9.17, 15) is 20.3 Å². The number of thiophene rings is 1. The summed E-state index contributed by atoms with van der Waals surface area (Å²) >= 11 is 0.853. The van der Waals surface area contributed by atoms with E-state index in [1.807, 2.05) is 0 Å². The second-order valence-electron chi connectivity index (χ2n) is 3.02. The molecule has 2 unspecified atom stereocenters. The summed E-state index contributed by atoms with van der Waals surface area (Å²) in [4.78, 5) is 10.2. The maximum Gasteiger partial charge on any atom is 0.324 e. The minimum Gasteiger partial charge on any atom is -0.390 e. The third-order valence-corrected chi connectivity index (χ3v) is 3.02. The van der Waals surface area contributed by atoms with Gasteiger partial charge < -0.3 is 15.9 Å². The van der Waals surface area contributed by atoms with Gasteiger partial charge >= 0.3 is 5.00 Å². The Morgan fingerprint density at radius 2 is 2.20 bits per heavy atom. The molecule has 1 aromatic rings. The van der Waals surface area contributed by atoms with E-state index in [2.05, 4.69) is 0 Å². The predicted molar refractivity (Wildman–Crippen MR) is 55.6 cm³/mol. The van der Waals surface area contributed by atoms with Gasteiger partial charge in [0, 0.05) is 10.9 Å². The molecule has 0 radical (unpaired) electrons. The van der Waals surface area contributed by atoms with Crippen LogP contribution in [0.15, 0.2) is 12.1 Å². The van der Waals surface area contributed by atoms with Gasteiger partial charge in [-0.1, -0.05) is 11.3 Å². The number of nitrogens with zero attached hydrogens (tertiary/aromatic N) is 1. The first-order valence-electron chi connectivity index (χ1n) is 4.36. The van der Waals surface area contributed by atoms with Crippen molar-refractivity contribution in [2.24, 2.45) is 5.73 Å². The number of nitro groups is 1. The molecule has 0 spiro atoms. The number of aliphatic hydroxyl groups is 2. The highest BCUT2D eigenvalue weighted by atomic mass is 32.1. The molecule has 0 aliphatic carbocycles. The van der Waals surface area contributed by atoms with Crippen molar-refractivity contribution in [2.75, 3.05) is 6.54 Å². The monoisotopic (exact) mass is 232 g/mol. The third-order valence-electron chi connectivity index (χ3n) is 1.91. The zero-order chi connectivity index (χ0) is 11.4. The molecular weight excluding hydrogens is 220 g/mol. The Morgan fingerprint density at radius 3 is 2.67 bits per heavy atom. The highest BCUT2D eigenvalue weighted by Crippen LogP contribution is 2.30. The lowest BCUT2D eigenvalue weighted by Gasteiger charge is -2.14. The largest absolute Gasteiger partial charge is 0.390 e. The first-order chi connectivity index (χ1) is 7.06. The third kappa shape index (κ3) is 2.96. The maximum atomic E-state index is 10.4. The molecule has 0 saturated carbocycles. The number of aliphatic hydroxyl groups excluding tert-OH is 2. The second-order valence-corrected chi connectivity index (χ2v) is 4.12. The minimum atomic E-state index is -1.10. The van der Waals surface area contributed by atoms with E-state index < -0.39 is 17.1 Å². The average molecular weight is 232 g/mol. The summed E-state index contributed by atoms with van der Waals surface area (Å²) in [6.07, 6.45) is -1.83. The molecular formula is C8H12N2O4S. The van der Waals surface area contributed by atoms with Gasteiger partial charge in [0.1, 0.15) is 6.10 Å². The molecule has 6 nitrogen and oxygen atoms in total. The Morgan fingerprint density at radius 1 is 1.53 bits per heavy atom. The van der Waals surface area contributed by atoms with E-state index in [-0.39, 0.29) is 18.0 Å². The summed E-state index contributed by atoms with van der Waals surface area (Å²) in [5.74, 6) is 0. The highest BCUT2D eigenvalue weighted by molar-refractivity contribution is 7.15. The summed E-state index contributed by atoms with van der Waals surface area (Å²) < 4.78 is 0. The Hall–Kier alpha value is -1.02. The number of rotatable bonds is 5. The summed E-state index contributed by atoms with van der Waals surface area (Å²) in [5, 5.41) is 29.4. The van der Waals surface area contributed by atoms with Gasteiger partial charge in [-0.2, -0.15) is 0 Å². The SMILES string of the molecule is NCCC(O)C(O)c1ccc([N+](=O)[O-])s1. The van der Waals surface area contributed by atoms with E-state index in [4.69, 9.17) is 5.73 Å². The van der Waals surface area contributed by atoms with Crippen molar-refractivity contribution in [2.45, 2.75) is 18.6 Å². The molecule has 4 N–H and O–H groups in total. The van der Waals surface area contributed by atoms with Crippen LogP contribution < -0.4 is 5.73 Å². The zero-order valence-corrected chi connectivity index (χ0v) is 8.68. The van der Waals surface area contributed by atoms with Crippen molar-refractivity contribution in [1.29, 1.82) is 0 Å². The Bertz CT molecular complexity index is 341. The molecule has 0 fully saturated rings. The molecule has 1 rings (SSSR count). The van der Waals surface area contributed by atoms with E-state index in [0.29, 0.717) is 4.88 Å². The normalized spacial score (nSPS) is 14.9. The summed E-state index contributed by atoms with van der Waals surface area (Å²) in [7, 11) is 0. The van der Waals surface area contributed by atoms with Crippen LogP contribution in [0.1, 0.15) is 17.4 Å². The quantitative estimate of drug-likeness (QED) is 0.502. The van der Waals surface area contributed by atoms with Crippen molar-refractivity contribution in [3.63, 3.8) is 0 Å². The molecule has 0 aliphatic rings. The first-order valence-corrected chi connectivity index (χ1v) is 5.18. The average Bonchev–Trinajstić information content (AvgIpc) is 2.65. The van der Waals surface area contributed by atoms with Crippen molar-refractivity contribution in [3.05, 3.63) is 27.1 Å². The Balaban J connectivity index is 2.73. The zero-order valence-electron chi connectivity index (χ0n) is 7.87. The van der Waals surface area contributed by atoms with Crippen LogP contribution in [0.4, 0.5) is 5.00 Å². The smallest absolute Gasteiger partial charge is 0.324 e. The molecule has 84 valence electrons. The summed E-state index contributed by atoms with van der Waals surface area (Å²) in [5.41, 5.74) is 5.22. The first kappa shape index (κ1) is 12.1. The molecule has 0 aliphatic heterocycles. The Labute approximate surface area is 90.1 Å². The Kier molecular flexibility index (Phi) is 4.15. The number of nitrogens with two attached hydrogens (primary N) is 1. The lowest BCUT2D eigenvalue weighted by Crippen LogP contribution is -2.20.